The summed E-state index contributed by atoms with van der Waals surface area (Å²) in [6.45, 7) is 4.82. The molecule has 10 nitrogen and oxygen atoms in total. The molecule has 1 unspecified atom stereocenters. The van der Waals surface area contributed by atoms with Crippen LogP contribution in [0.15, 0.2) is 6.20 Å². The Balaban J connectivity index is 2.14. The van der Waals surface area contributed by atoms with Gasteiger partial charge in [-0.05, 0) is 12.3 Å². The van der Waals surface area contributed by atoms with E-state index in [1.54, 1.807) is 0 Å². The molecule has 0 bridgehead atoms. The summed E-state index contributed by atoms with van der Waals surface area (Å²) in [5, 5.41) is 9.87. The van der Waals surface area contributed by atoms with Gasteiger partial charge in [-0.15, -0.1) is 0 Å². The number of hydrogen-bond donors (Lipinski definition) is 3. The van der Waals surface area contributed by atoms with Crippen LogP contribution in [0.3, 0.4) is 0 Å². The number of alkyl halides is 3. The van der Waals surface area contributed by atoms with Gasteiger partial charge in [-0.25, -0.2) is 15.0 Å². The quantitative estimate of drug-likeness (QED) is 0.260. The summed E-state index contributed by atoms with van der Waals surface area (Å²) in [5.41, 5.74) is 3.32. The lowest BCUT2D eigenvalue weighted by Gasteiger charge is -2.30. The number of amides is 2. The number of ether oxygens (including phenoxy) is 1. The fourth-order valence-electron chi connectivity index (χ4n) is 3.46. The summed E-state index contributed by atoms with van der Waals surface area (Å²) in [5.74, 6) is -1.64. The highest BCUT2D eigenvalue weighted by Gasteiger charge is 2.38. The monoisotopic (exact) mass is 462 g/mol. The van der Waals surface area contributed by atoms with Gasteiger partial charge >= 0.3 is 6.18 Å². The molecule has 13 heteroatoms. The van der Waals surface area contributed by atoms with Crippen LogP contribution in [-0.4, -0.2) is 65.4 Å². The molecule has 1 fully saturated rings. The number of nitrogens with zero attached hydrogens (tertiary/aromatic N) is 4. The van der Waals surface area contributed by atoms with E-state index in [1.165, 1.54) is 4.90 Å². The third-order valence-corrected chi connectivity index (χ3v) is 5.36. The largest absolute Gasteiger partial charge is 0.435 e. The summed E-state index contributed by atoms with van der Waals surface area (Å²) in [6, 6.07) is 0. The van der Waals surface area contributed by atoms with Crippen molar-refractivity contribution in [1.82, 2.24) is 20.5 Å². The van der Waals surface area contributed by atoms with Gasteiger partial charge in [0, 0.05) is 13.1 Å². The molecule has 2 amide bonds. The van der Waals surface area contributed by atoms with Crippen LogP contribution in [0, 0.1) is 11.8 Å². The third-order valence-electron chi connectivity index (χ3n) is 5.36. The normalized spacial score (nSPS) is 15.4. The first-order valence-electron chi connectivity index (χ1n) is 10.4. The highest BCUT2D eigenvalue weighted by atomic mass is 19.4. The lowest BCUT2D eigenvalue weighted by molar-refractivity contribution is -0.154. The van der Waals surface area contributed by atoms with Crippen molar-refractivity contribution in [2.75, 3.05) is 43.2 Å². The van der Waals surface area contributed by atoms with Crippen LogP contribution in [-0.2, 0) is 20.5 Å². The minimum absolute atomic E-state index is 0.161. The van der Waals surface area contributed by atoms with Crippen molar-refractivity contribution in [3.05, 3.63) is 11.9 Å². The van der Waals surface area contributed by atoms with Gasteiger partial charge in [0.15, 0.2) is 5.69 Å². The van der Waals surface area contributed by atoms with Crippen molar-refractivity contribution >= 4 is 24.0 Å². The van der Waals surface area contributed by atoms with E-state index in [0.717, 1.165) is 19.0 Å². The minimum Gasteiger partial charge on any atom is -0.378 e. The Morgan fingerprint density at radius 3 is 2.56 bits per heavy atom. The Hall–Kier alpha value is -2.67. The Morgan fingerprint density at radius 1 is 1.34 bits per heavy atom. The average molecular weight is 462 g/mol. The van der Waals surface area contributed by atoms with Gasteiger partial charge < -0.3 is 9.64 Å². The van der Waals surface area contributed by atoms with E-state index in [9.17, 15) is 28.0 Å². The van der Waals surface area contributed by atoms with E-state index in [4.69, 9.17) is 4.74 Å². The van der Waals surface area contributed by atoms with Crippen molar-refractivity contribution in [1.29, 1.82) is 0 Å². The first-order valence-corrected chi connectivity index (χ1v) is 10.4. The Bertz CT molecular complexity index is 757. The predicted molar refractivity (Wildman–Crippen MR) is 109 cm³/mol. The Labute approximate surface area is 184 Å². The second-order valence-electron chi connectivity index (χ2n) is 7.48. The van der Waals surface area contributed by atoms with Gasteiger partial charge in [0.05, 0.1) is 37.6 Å². The zero-order chi connectivity index (χ0) is 23.7. The maximum atomic E-state index is 13.6. The zero-order valence-corrected chi connectivity index (χ0v) is 18.1. The molecular weight excluding hydrogens is 433 g/mol. The Kier molecular flexibility index (Phi) is 9.44. The maximum Gasteiger partial charge on any atom is 0.435 e. The number of morpholine rings is 1. The van der Waals surface area contributed by atoms with Crippen molar-refractivity contribution in [2.24, 2.45) is 11.8 Å². The lowest BCUT2D eigenvalue weighted by atomic mass is 9.90. The summed E-state index contributed by atoms with van der Waals surface area (Å²) < 4.78 is 45.9. The van der Waals surface area contributed by atoms with Gasteiger partial charge in [0.2, 0.25) is 18.3 Å². The number of carbonyl (C=O) groups excluding carboxylic acids is 2. The molecule has 1 aliphatic rings. The van der Waals surface area contributed by atoms with Gasteiger partial charge in [0.25, 0.3) is 0 Å². The first kappa shape index (κ1) is 25.6. The van der Waals surface area contributed by atoms with Crippen molar-refractivity contribution in [3.63, 3.8) is 0 Å². The van der Waals surface area contributed by atoms with E-state index < -0.39 is 29.6 Å². The maximum absolute atomic E-state index is 13.6. The molecule has 1 aromatic rings. The summed E-state index contributed by atoms with van der Waals surface area (Å²) in [4.78, 5) is 32.3. The van der Waals surface area contributed by atoms with Crippen LogP contribution in [0.1, 0.15) is 38.8 Å². The molecular formula is C19H29F3N6O4. The number of hydrazine groups is 1. The highest BCUT2D eigenvalue weighted by Crippen LogP contribution is 2.35. The van der Waals surface area contributed by atoms with E-state index in [2.05, 4.69) is 20.8 Å². The molecule has 32 heavy (non-hydrogen) atoms. The number of hydrogen-bond acceptors (Lipinski definition) is 8. The average Bonchev–Trinajstić information content (AvgIpc) is 2.79. The van der Waals surface area contributed by atoms with E-state index in [0.29, 0.717) is 24.7 Å². The molecule has 1 aliphatic heterocycles. The van der Waals surface area contributed by atoms with Crippen LogP contribution in [0.4, 0.5) is 24.8 Å². The highest BCUT2D eigenvalue weighted by molar-refractivity contribution is 5.80. The van der Waals surface area contributed by atoms with Crippen LogP contribution in [0.2, 0.25) is 0 Å². The number of aromatic nitrogens is 2. The molecule has 0 aliphatic carbocycles. The van der Waals surface area contributed by atoms with Crippen LogP contribution in [0.25, 0.3) is 0 Å². The summed E-state index contributed by atoms with van der Waals surface area (Å²) in [7, 11) is 0. The molecule has 3 N–H and O–H groups in total. The topological polar surface area (TPSA) is 120 Å². The van der Waals surface area contributed by atoms with Crippen molar-refractivity contribution < 1.29 is 32.7 Å². The van der Waals surface area contributed by atoms with Crippen molar-refractivity contribution in [3.8, 4) is 0 Å². The van der Waals surface area contributed by atoms with E-state index >= 15 is 0 Å². The van der Waals surface area contributed by atoms with E-state index in [1.807, 2.05) is 13.8 Å². The number of nitrogens with one attached hydrogen (secondary N) is 2. The number of carbonyl (C=O) groups is 2. The summed E-state index contributed by atoms with van der Waals surface area (Å²) in [6.07, 6.45) is -1.52. The second kappa shape index (κ2) is 11.8. The molecule has 0 radical (unpaired) electrons. The first-order chi connectivity index (χ1) is 15.2. The SMILES string of the molecule is CCC(CC)CC(CN(O)C=O)C(=O)NNc1ncc(N2CCOCC2)c(C(F)(F)F)n1. The molecule has 0 saturated carbocycles. The fraction of sp³-hybridized carbons (Fsp3) is 0.684. The molecule has 1 saturated heterocycles. The van der Waals surface area contributed by atoms with Crippen LogP contribution in [0.5, 0.6) is 0 Å². The molecule has 1 atom stereocenters. The standard InChI is InChI=1S/C19H29F3N6O4/c1-3-13(4-2)9-14(11-28(31)12-29)17(30)25-26-18-23-10-15(16(24-18)19(20,21)22)27-5-7-32-8-6-27/h10,12-14,31H,3-9,11H2,1-2H3,(H,25,30)(H,23,24,26). The molecule has 0 aromatic carbocycles. The van der Waals surface area contributed by atoms with Gasteiger partial charge in [-0.2, -0.15) is 13.2 Å². The Morgan fingerprint density at radius 2 is 2.00 bits per heavy atom. The van der Waals surface area contributed by atoms with E-state index in [-0.39, 0.29) is 37.6 Å². The predicted octanol–water partition coefficient (Wildman–Crippen LogP) is 2.07. The smallest absolute Gasteiger partial charge is 0.378 e. The van der Waals surface area contributed by atoms with Gasteiger partial charge in [-0.1, -0.05) is 26.7 Å². The van der Waals surface area contributed by atoms with Crippen LogP contribution >= 0.6 is 0 Å². The lowest BCUT2D eigenvalue weighted by Crippen LogP contribution is -2.41. The minimum atomic E-state index is -4.73. The third kappa shape index (κ3) is 7.19. The van der Waals surface area contributed by atoms with Crippen LogP contribution < -0.4 is 15.8 Å². The fourth-order valence-corrected chi connectivity index (χ4v) is 3.46. The zero-order valence-electron chi connectivity index (χ0n) is 18.1. The molecule has 1 aromatic heterocycles. The summed E-state index contributed by atoms with van der Waals surface area (Å²) >= 11 is 0. The number of rotatable bonds is 11. The number of halogens is 3. The van der Waals surface area contributed by atoms with Gasteiger partial charge in [0.1, 0.15) is 0 Å². The molecule has 2 rings (SSSR count). The second-order valence-corrected chi connectivity index (χ2v) is 7.48. The molecule has 180 valence electrons. The molecule has 2 heterocycles. The molecule has 0 spiro atoms. The van der Waals surface area contributed by atoms with Crippen molar-refractivity contribution in [2.45, 2.75) is 39.3 Å². The number of anilines is 2. The number of hydroxylamine groups is 2. The van der Waals surface area contributed by atoms with Gasteiger partial charge in [-0.3, -0.25) is 25.6 Å².